The van der Waals surface area contributed by atoms with Crippen molar-refractivity contribution in [3.8, 4) is 0 Å². The lowest BCUT2D eigenvalue weighted by Crippen LogP contribution is -2.27. The van der Waals surface area contributed by atoms with E-state index in [1.807, 2.05) is 0 Å². The Bertz CT molecular complexity index is 49.3. The molecule has 2 N–H and O–H groups in total. The number of hydrogen-bond donors (Lipinski definition) is 1. The lowest BCUT2D eigenvalue weighted by molar-refractivity contribution is 0.622. The first-order valence-corrected chi connectivity index (χ1v) is 6.00. The molecule has 0 saturated carbocycles. The number of rotatable bonds is 4. The van der Waals surface area contributed by atoms with Crippen LogP contribution >= 0.6 is 0 Å². The van der Waals surface area contributed by atoms with Gasteiger partial charge in [0.1, 0.15) is 10.5 Å². The average molecular weight is 149 g/mol. The topological polar surface area (TPSA) is 35.2 Å². The average Bonchev–Trinajstić information content (AvgIpc) is 1.83. The van der Waals surface area contributed by atoms with Gasteiger partial charge in [0, 0.05) is 6.17 Å². The molecule has 0 bridgehead atoms. The maximum atomic E-state index is 5.43. The molecule has 1 unspecified atom stereocenters. The van der Waals surface area contributed by atoms with E-state index in [1.165, 1.54) is 12.5 Å². The molecule has 8 heavy (non-hydrogen) atoms. The number of hydrogen-bond acceptors (Lipinski definition) is 2. The van der Waals surface area contributed by atoms with Gasteiger partial charge in [-0.3, -0.25) is 0 Å². The second-order valence-corrected chi connectivity index (χ2v) is 6.06. The first-order chi connectivity index (χ1) is 3.85. The second kappa shape index (κ2) is 5.49. The summed E-state index contributed by atoms with van der Waals surface area (Å²) in [6.45, 7) is 2.18. The van der Waals surface area contributed by atoms with Crippen molar-refractivity contribution in [1.29, 1.82) is 0 Å². The fourth-order valence-electron chi connectivity index (χ4n) is 0.654. The van der Waals surface area contributed by atoms with E-state index in [1.54, 1.807) is 0 Å². The van der Waals surface area contributed by atoms with Crippen LogP contribution in [-0.4, -0.2) is 25.7 Å². The molecule has 0 heterocycles. The third kappa shape index (κ3) is 3.37. The second-order valence-electron chi connectivity index (χ2n) is 1.88. The maximum Gasteiger partial charge on any atom is 0.175 e. The lowest BCUT2D eigenvalue weighted by Gasteiger charge is -2.07. The summed E-state index contributed by atoms with van der Waals surface area (Å²) >= 11 is 0. The molecule has 0 aliphatic rings. The molecule has 1 atom stereocenters. The first kappa shape index (κ1) is 8.35. The number of nitrogens with two attached hydrogens (primary N) is 1. The molecule has 2 nitrogen and oxygen atoms in total. The molecule has 0 saturated heterocycles. The van der Waals surface area contributed by atoms with E-state index < -0.39 is 9.04 Å². The van der Waals surface area contributed by atoms with E-state index in [0.29, 0.717) is 0 Å². The summed E-state index contributed by atoms with van der Waals surface area (Å²) in [6.07, 6.45) is 2.05. The third-order valence-corrected chi connectivity index (χ3v) is 5.62. The van der Waals surface area contributed by atoms with Crippen LogP contribution in [0.5, 0.6) is 0 Å². The smallest absolute Gasteiger partial charge is 0.175 e. The third-order valence-electron chi connectivity index (χ3n) is 1.21. The molecule has 0 rings (SSSR count). The summed E-state index contributed by atoms with van der Waals surface area (Å²) < 4.78 is 5.29. The molecule has 0 aromatic carbocycles. The van der Waals surface area contributed by atoms with Crippen LogP contribution in [0.3, 0.4) is 0 Å². The molecule has 0 aromatic rings. The largest absolute Gasteiger partial charge is 0.465 e. The Labute approximate surface area is 55.7 Å². The molecule has 0 aliphatic carbocycles. The van der Waals surface area contributed by atoms with Crippen LogP contribution in [0.1, 0.15) is 13.3 Å². The van der Waals surface area contributed by atoms with E-state index in [2.05, 4.69) is 6.92 Å². The summed E-state index contributed by atoms with van der Waals surface area (Å²) in [5.41, 5.74) is 5.43. The molecular weight excluding hydrogens is 134 g/mol. The van der Waals surface area contributed by atoms with Crippen molar-refractivity contribution >= 4 is 19.5 Å². The summed E-state index contributed by atoms with van der Waals surface area (Å²) in [4.78, 5) is 0. The van der Waals surface area contributed by atoms with Crippen LogP contribution in [0.2, 0.25) is 6.04 Å². The van der Waals surface area contributed by atoms with Gasteiger partial charge in [0.15, 0.2) is 9.04 Å². The van der Waals surface area contributed by atoms with Gasteiger partial charge in [-0.05, 0) is 6.04 Å². The minimum atomic E-state index is -0.853. The molecule has 0 spiro atoms. The van der Waals surface area contributed by atoms with Gasteiger partial charge >= 0.3 is 0 Å². The summed E-state index contributed by atoms with van der Waals surface area (Å²) in [5, 5.41) is 0. The zero-order valence-electron chi connectivity index (χ0n) is 5.68. The van der Waals surface area contributed by atoms with Crippen molar-refractivity contribution in [2.24, 2.45) is 5.73 Å². The Morgan fingerprint density at radius 2 is 2.38 bits per heavy atom. The quantitative estimate of drug-likeness (QED) is 0.516. The van der Waals surface area contributed by atoms with E-state index in [4.69, 9.17) is 9.85 Å². The highest BCUT2D eigenvalue weighted by molar-refractivity contribution is 6.55. The van der Waals surface area contributed by atoms with Crippen LogP contribution in [-0.2, 0) is 4.12 Å². The standard InChI is InChI=1S/C4H15NOSi2/c1-2-3-8(4-5)6-7/h8H,2-5H2,1,7H3. The molecule has 0 radical (unpaired) electrons. The first-order valence-electron chi connectivity index (χ1n) is 3.08. The highest BCUT2D eigenvalue weighted by Crippen LogP contribution is 1.93. The highest BCUT2D eigenvalue weighted by Gasteiger charge is 2.02. The van der Waals surface area contributed by atoms with E-state index in [9.17, 15) is 0 Å². The van der Waals surface area contributed by atoms with Crippen molar-refractivity contribution in [3.05, 3.63) is 0 Å². The Hall–Kier alpha value is 0.354. The minimum Gasteiger partial charge on any atom is -0.465 e. The summed E-state index contributed by atoms with van der Waals surface area (Å²) in [6, 6.07) is 1.25. The van der Waals surface area contributed by atoms with Gasteiger partial charge in [-0.2, -0.15) is 0 Å². The molecule has 4 heteroatoms. The Morgan fingerprint density at radius 1 is 1.75 bits per heavy atom. The van der Waals surface area contributed by atoms with Gasteiger partial charge in [0.05, 0.1) is 0 Å². The van der Waals surface area contributed by atoms with Crippen molar-refractivity contribution in [2.45, 2.75) is 19.4 Å². The normalized spacial score (nSPS) is 14.2. The van der Waals surface area contributed by atoms with Crippen LogP contribution in [0.25, 0.3) is 0 Å². The van der Waals surface area contributed by atoms with Crippen LogP contribution in [0, 0.1) is 0 Å². The van der Waals surface area contributed by atoms with E-state index in [0.717, 1.165) is 16.7 Å². The predicted molar refractivity (Wildman–Crippen MR) is 42.3 cm³/mol. The maximum absolute atomic E-state index is 5.43. The van der Waals surface area contributed by atoms with Crippen molar-refractivity contribution < 1.29 is 4.12 Å². The Kier molecular flexibility index (Phi) is 5.73. The fraction of sp³-hybridized carbons (Fsp3) is 1.00. The lowest BCUT2D eigenvalue weighted by atomic mass is 10.6. The molecule has 0 fully saturated rings. The van der Waals surface area contributed by atoms with Crippen molar-refractivity contribution in [2.75, 3.05) is 6.17 Å². The zero-order valence-corrected chi connectivity index (χ0v) is 8.84. The van der Waals surface area contributed by atoms with Gasteiger partial charge in [0.25, 0.3) is 0 Å². The predicted octanol–water partition coefficient (Wildman–Crippen LogP) is -1.08. The van der Waals surface area contributed by atoms with Gasteiger partial charge < -0.3 is 9.85 Å². The van der Waals surface area contributed by atoms with Crippen molar-refractivity contribution in [3.63, 3.8) is 0 Å². The van der Waals surface area contributed by atoms with Gasteiger partial charge in [-0.15, -0.1) is 0 Å². The monoisotopic (exact) mass is 149 g/mol. The van der Waals surface area contributed by atoms with Gasteiger partial charge in [-0.25, -0.2) is 0 Å². The highest BCUT2D eigenvalue weighted by atomic mass is 28.3. The minimum absolute atomic E-state index is 0.817. The van der Waals surface area contributed by atoms with Crippen molar-refractivity contribution in [1.82, 2.24) is 0 Å². The van der Waals surface area contributed by atoms with Crippen LogP contribution < -0.4 is 5.73 Å². The molecule has 0 amide bonds. The van der Waals surface area contributed by atoms with Gasteiger partial charge in [0.2, 0.25) is 0 Å². The van der Waals surface area contributed by atoms with Gasteiger partial charge in [-0.1, -0.05) is 13.3 Å². The molecule has 0 aliphatic heterocycles. The zero-order chi connectivity index (χ0) is 6.41. The Morgan fingerprint density at radius 3 is 2.50 bits per heavy atom. The summed E-state index contributed by atoms with van der Waals surface area (Å²) in [5.74, 6) is 0. The van der Waals surface area contributed by atoms with Crippen LogP contribution in [0.15, 0.2) is 0 Å². The summed E-state index contributed by atoms with van der Waals surface area (Å²) in [7, 11) is 0.0252. The van der Waals surface area contributed by atoms with Crippen LogP contribution in [0.4, 0.5) is 0 Å². The SMILES string of the molecule is CCC[SiH](CN)O[SiH3]. The molecular formula is C4H15NOSi2. The van der Waals surface area contributed by atoms with E-state index >= 15 is 0 Å². The molecule has 50 valence electrons. The molecule has 0 aromatic heterocycles. The van der Waals surface area contributed by atoms with E-state index in [-0.39, 0.29) is 0 Å². The fourth-order valence-corrected chi connectivity index (χ4v) is 3.25. The Balaban J connectivity index is 3.07.